The lowest BCUT2D eigenvalue weighted by molar-refractivity contribution is 0.0327. The van der Waals surface area contributed by atoms with Gasteiger partial charge in [-0.1, -0.05) is 19.1 Å². The van der Waals surface area contributed by atoms with E-state index in [9.17, 15) is 9.59 Å². The fourth-order valence-electron chi connectivity index (χ4n) is 3.47. The fraction of sp³-hybridized carbons (Fsp3) is 0.429. The summed E-state index contributed by atoms with van der Waals surface area (Å²) in [6.45, 7) is 5.64. The molecule has 2 aromatic rings. The number of aromatic nitrogens is 1. The molecule has 1 aliphatic carbocycles. The second-order valence-electron chi connectivity index (χ2n) is 6.90. The number of ether oxygens (including phenoxy) is 2. The third kappa shape index (κ3) is 3.39. The Hall–Kier alpha value is -2.56. The summed E-state index contributed by atoms with van der Waals surface area (Å²) >= 11 is 0. The van der Waals surface area contributed by atoms with Gasteiger partial charge in [-0.25, -0.2) is 4.79 Å². The molecule has 0 bridgehead atoms. The molecule has 5 heteroatoms. The highest BCUT2D eigenvalue weighted by molar-refractivity contribution is 6.03. The second kappa shape index (κ2) is 7.36. The molecule has 0 fully saturated rings. The van der Waals surface area contributed by atoms with E-state index in [4.69, 9.17) is 9.47 Å². The summed E-state index contributed by atoms with van der Waals surface area (Å²) in [6.07, 6.45) is 1.75. The normalized spacial score (nSPS) is 17.5. The molecule has 0 unspecified atom stereocenters. The number of benzene rings is 1. The largest absolute Gasteiger partial charge is 0.497 e. The Morgan fingerprint density at radius 2 is 1.96 bits per heavy atom. The topological polar surface area (TPSA) is 68.4 Å². The van der Waals surface area contributed by atoms with Gasteiger partial charge >= 0.3 is 5.97 Å². The number of ketones is 1. The standard InChI is InChI=1S/C21H25NO4/c1-5-12(2)26-21(24)20-13(3)19-17(22-20)10-15(11-18(19)23)14-6-8-16(25-4)9-7-14/h6-9,12,15,22H,5,10-11H2,1-4H3/t12-,15-/m1/s1. The molecule has 1 heterocycles. The van der Waals surface area contributed by atoms with E-state index in [-0.39, 0.29) is 23.8 Å². The summed E-state index contributed by atoms with van der Waals surface area (Å²) in [5.41, 5.74) is 3.69. The zero-order chi connectivity index (χ0) is 18.8. The average molecular weight is 355 g/mol. The third-order valence-corrected chi connectivity index (χ3v) is 5.16. The van der Waals surface area contributed by atoms with E-state index < -0.39 is 0 Å². The van der Waals surface area contributed by atoms with Crippen LogP contribution >= 0.6 is 0 Å². The second-order valence-corrected chi connectivity index (χ2v) is 6.90. The summed E-state index contributed by atoms with van der Waals surface area (Å²) < 4.78 is 10.6. The number of nitrogens with one attached hydrogen (secondary N) is 1. The van der Waals surface area contributed by atoms with E-state index >= 15 is 0 Å². The number of methoxy groups -OCH3 is 1. The van der Waals surface area contributed by atoms with Crippen LogP contribution in [0.3, 0.4) is 0 Å². The minimum Gasteiger partial charge on any atom is -0.497 e. The summed E-state index contributed by atoms with van der Waals surface area (Å²) in [7, 11) is 1.63. The van der Waals surface area contributed by atoms with Gasteiger partial charge in [0.25, 0.3) is 0 Å². The molecule has 1 aliphatic rings. The van der Waals surface area contributed by atoms with Crippen LogP contribution in [0.4, 0.5) is 0 Å². The van der Waals surface area contributed by atoms with Crippen molar-refractivity contribution in [3.05, 3.63) is 52.3 Å². The van der Waals surface area contributed by atoms with Crippen LogP contribution in [0, 0.1) is 6.92 Å². The first kappa shape index (κ1) is 18.2. The van der Waals surface area contributed by atoms with E-state index in [1.807, 2.05) is 45.0 Å². The third-order valence-electron chi connectivity index (χ3n) is 5.16. The minimum atomic E-state index is -0.389. The smallest absolute Gasteiger partial charge is 0.355 e. The van der Waals surface area contributed by atoms with Gasteiger partial charge in [-0.3, -0.25) is 4.79 Å². The van der Waals surface area contributed by atoms with Crippen LogP contribution in [0.2, 0.25) is 0 Å². The monoisotopic (exact) mass is 355 g/mol. The van der Waals surface area contributed by atoms with Crippen molar-refractivity contribution in [2.75, 3.05) is 7.11 Å². The number of esters is 1. The lowest BCUT2D eigenvalue weighted by atomic mass is 9.81. The molecule has 0 aliphatic heterocycles. The number of hydrogen-bond acceptors (Lipinski definition) is 4. The van der Waals surface area contributed by atoms with Gasteiger partial charge in [0, 0.05) is 17.7 Å². The van der Waals surface area contributed by atoms with Crippen molar-refractivity contribution in [2.24, 2.45) is 0 Å². The Kier molecular flexibility index (Phi) is 5.16. The van der Waals surface area contributed by atoms with Gasteiger partial charge in [-0.15, -0.1) is 0 Å². The molecule has 0 radical (unpaired) electrons. The van der Waals surface area contributed by atoms with Crippen molar-refractivity contribution < 1.29 is 19.1 Å². The molecule has 1 N–H and O–H groups in total. The van der Waals surface area contributed by atoms with Crippen molar-refractivity contribution in [1.29, 1.82) is 0 Å². The van der Waals surface area contributed by atoms with Gasteiger partial charge in [0.05, 0.1) is 13.2 Å². The van der Waals surface area contributed by atoms with E-state index in [2.05, 4.69) is 4.98 Å². The number of hydrogen-bond donors (Lipinski definition) is 1. The maximum absolute atomic E-state index is 12.7. The first-order valence-corrected chi connectivity index (χ1v) is 9.04. The van der Waals surface area contributed by atoms with Crippen LogP contribution in [0.1, 0.15) is 70.3 Å². The highest BCUT2D eigenvalue weighted by Gasteiger charge is 2.32. The zero-order valence-electron chi connectivity index (χ0n) is 15.7. The molecular weight excluding hydrogens is 330 g/mol. The van der Waals surface area contributed by atoms with Gasteiger partial charge in [0.15, 0.2) is 5.78 Å². The van der Waals surface area contributed by atoms with Gasteiger partial charge in [-0.05, 0) is 55.9 Å². The van der Waals surface area contributed by atoms with Crippen molar-refractivity contribution in [1.82, 2.24) is 4.98 Å². The molecule has 0 amide bonds. The molecule has 2 atom stereocenters. The van der Waals surface area contributed by atoms with Gasteiger partial charge < -0.3 is 14.5 Å². The summed E-state index contributed by atoms with van der Waals surface area (Å²) in [5.74, 6) is 0.572. The molecule has 26 heavy (non-hydrogen) atoms. The number of carbonyl (C=O) groups excluding carboxylic acids is 2. The van der Waals surface area contributed by atoms with E-state index in [1.165, 1.54) is 0 Å². The predicted molar refractivity (Wildman–Crippen MR) is 99.1 cm³/mol. The number of aromatic amines is 1. The maximum Gasteiger partial charge on any atom is 0.355 e. The van der Waals surface area contributed by atoms with Crippen molar-refractivity contribution in [3.8, 4) is 5.75 Å². The number of fused-ring (bicyclic) bond motifs is 1. The van der Waals surface area contributed by atoms with Crippen LogP contribution in [0.25, 0.3) is 0 Å². The molecule has 0 saturated carbocycles. The Morgan fingerprint density at radius 3 is 2.58 bits per heavy atom. The molecule has 3 rings (SSSR count). The summed E-state index contributed by atoms with van der Waals surface area (Å²) in [4.78, 5) is 28.3. The van der Waals surface area contributed by atoms with Crippen LogP contribution in [-0.2, 0) is 11.2 Å². The van der Waals surface area contributed by atoms with Crippen molar-refractivity contribution >= 4 is 11.8 Å². The van der Waals surface area contributed by atoms with Crippen LogP contribution in [-0.4, -0.2) is 30.0 Å². The van der Waals surface area contributed by atoms with Crippen LogP contribution < -0.4 is 4.74 Å². The molecule has 0 spiro atoms. The Labute approximate surface area is 153 Å². The zero-order valence-corrected chi connectivity index (χ0v) is 15.7. The number of H-pyrrole nitrogens is 1. The van der Waals surface area contributed by atoms with E-state index in [1.54, 1.807) is 7.11 Å². The molecule has 5 nitrogen and oxygen atoms in total. The molecular formula is C21H25NO4. The summed E-state index contributed by atoms with van der Waals surface area (Å²) in [6, 6.07) is 7.81. The molecule has 1 aromatic carbocycles. The predicted octanol–water partition coefficient (Wildman–Crippen LogP) is 4.20. The number of carbonyl (C=O) groups is 2. The molecule has 1 aromatic heterocycles. The lowest BCUT2D eigenvalue weighted by Gasteiger charge is -2.22. The first-order valence-electron chi connectivity index (χ1n) is 9.04. The lowest BCUT2D eigenvalue weighted by Crippen LogP contribution is -2.18. The molecule has 138 valence electrons. The van der Waals surface area contributed by atoms with E-state index in [0.29, 0.717) is 29.7 Å². The van der Waals surface area contributed by atoms with Gasteiger partial charge in [-0.2, -0.15) is 0 Å². The van der Waals surface area contributed by atoms with Gasteiger partial charge in [0.1, 0.15) is 11.4 Å². The quantitative estimate of drug-likeness (QED) is 0.816. The average Bonchev–Trinajstić information content (AvgIpc) is 2.98. The SMILES string of the molecule is CC[C@@H](C)OC(=O)c1[nH]c2c(c1C)C(=O)C[C@H](c1ccc(OC)cc1)C2. The van der Waals surface area contributed by atoms with Crippen molar-refractivity contribution in [3.63, 3.8) is 0 Å². The summed E-state index contributed by atoms with van der Waals surface area (Å²) in [5, 5.41) is 0. The highest BCUT2D eigenvalue weighted by atomic mass is 16.5. The Bertz CT molecular complexity index is 819. The van der Waals surface area contributed by atoms with Crippen molar-refractivity contribution in [2.45, 2.75) is 52.1 Å². The Morgan fingerprint density at radius 1 is 1.27 bits per heavy atom. The maximum atomic E-state index is 12.7. The van der Waals surface area contributed by atoms with Gasteiger partial charge in [0.2, 0.25) is 0 Å². The van der Waals surface area contributed by atoms with Crippen LogP contribution in [0.15, 0.2) is 24.3 Å². The van der Waals surface area contributed by atoms with Crippen LogP contribution in [0.5, 0.6) is 5.75 Å². The Balaban J connectivity index is 1.87. The molecule has 0 saturated heterocycles. The fourth-order valence-corrected chi connectivity index (χ4v) is 3.47. The highest BCUT2D eigenvalue weighted by Crippen LogP contribution is 2.35. The van der Waals surface area contributed by atoms with E-state index in [0.717, 1.165) is 23.4 Å². The minimum absolute atomic E-state index is 0.0726. The number of rotatable bonds is 5. The first-order chi connectivity index (χ1) is 12.4. The number of Topliss-reactive ketones (excluding diaryl/α,β-unsaturated/α-hetero) is 1.